The fraction of sp³-hybridized carbons (Fsp3) is 0.973. The SMILES string of the molecule is CC(=O)O[C@H]1[C@H](O)[C@H](C2(C)CCC(C(C)(C)O)O2)[C@@]2(C)[C@H](O)C[C@@]34C[C@@]35CC[C@H](O[C@@H]3OC[C@@H](O)[C@H](O)[C@H]3O)C(C)(C)[C@@H]5CC[C@H]4[C@]12C. The van der Waals surface area contributed by atoms with Crippen molar-refractivity contribution in [1.82, 2.24) is 0 Å². The summed E-state index contributed by atoms with van der Waals surface area (Å²) in [6.45, 7) is 15.4. The number of aliphatic hydroxyl groups excluding tert-OH is 5. The van der Waals surface area contributed by atoms with Gasteiger partial charge in [-0.15, -0.1) is 0 Å². The number of esters is 1. The lowest BCUT2D eigenvalue weighted by molar-refractivity contribution is -0.304. The minimum absolute atomic E-state index is 0.0596. The number of carbonyl (C=O) groups is 1. The lowest BCUT2D eigenvalue weighted by Crippen LogP contribution is -2.66. The Morgan fingerprint density at radius 3 is 2.12 bits per heavy atom. The highest BCUT2D eigenvalue weighted by atomic mass is 16.7. The highest BCUT2D eigenvalue weighted by molar-refractivity contribution is 5.66. The molecule has 2 unspecified atom stereocenters. The van der Waals surface area contributed by atoms with Gasteiger partial charge in [0.2, 0.25) is 0 Å². The molecule has 0 bridgehead atoms. The van der Waals surface area contributed by atoms with Gasteiger partial charge in [0.05, 0.1) is 42.2 Å². The predicted octanol–water partition coefficient (Wildman–Crippen LogP) is 2.44. The van der Waals surface area contributed by atoms with E-state index in [0.717, 1.165) is 32.1 Å². The summed E-state index contributed by atoms with van der Waals surface area (Å²) in [5.41, 5.74) is -4.06. The van der Waals surface area contributed by atoms with E-state index < -0.39 is 82.9 Å². The van der Waals surface area contributed by atoms with Gasteiger partial charge in [-0.1, -0.05) is 27.7 Å². The molecular formula is C37H60O11. The molecule has 2 heterocycles. The van der Waals surface area contributed by atoms with Crippen molar-refractivity contribution >= 4 is 5.97 Å². The third kappa shape index (κ3) is 4.41. The summed E-state index contributed by atoms with van der Waals surface area (Å²) >= 11 is 0. The number of rotatable bonds is 5. The number of hydrogen-bond acceptors (Lipinski definition) is 11. The molecule has 17 atom stereocenters. The quantitative estimate of drug-likeness (QED) is 0.186. The summed E-state index contributed by atoms with van der Waals surface area (Å²) in [7, 11) is 0. The summed E-state index contributed by atoms with van der Waals surface area (Å²) in [5.74, 6) is -0.633. The maximum Gasteiger partial charge on any atom is 0.303 e. The average Bonchev–Trinajstić information content (AvgIpc) is 3.38. The van der Waals surface area contributed by atoms with Gasteiger partial charge in [0.15, 0.2) is 6.29 Å². The third-order valence-electron chi connectivity index (χ3n) is 16.0. The Morgan fingerprint density at radius 1 is 0.833 bits per heavy atom. The summed E-state index contributed by atoms with van der Waals surface area (Å²) in [6.07, 6.45) is -2.08. The van der Waals surface area contributed by atoms with Crippen molar-refractivity contribution in [2.75, 3.05) is 6.61 Å². The topological polar surface area (TPSA) is 175 Å². The number of hydrogen-bond donors (Lipinski definition) is 6. The Hall–Kier alpha value is -0.890. The van der Waals surface area contributed by atoms with Crippen LogP contribution in [0.15, 0.2) is 0 Å². The maximum atomic E-state index is 12.7. The van der Waals surface area contributed by atoms with Crippen LogP contribution in [-0.4, -0.2) is 110 Å². The summed E-state index contributed by atoms with van der Waals surface area (Å²) in [6, 6.07) is 0. The zero-order valence-corrected chi connectivity index (χ0v) is 30.0. The fourth-order valence-electron chi connectivity index (χ4n) is 13.7. The molecule has 2 saturated heterocycles. The van der Waals surface area contributed by atoms with Gasteiger partial charge in [0, 0.05) is 23.7 Å². The van der Waals surface area contributed by atoms with E-state index in [9.17, 15) is 35.4 Å². The Kier molecular flexibility index (Phi) is 8.01. The molecule has 5 saturated carbocycles. The Labute approximate surface area is 284 Å². The van der Waals surface area contributed by atoms with E-state index in [1.165, 1.54) is 6.92 Å². The highest BCUT2D eigenvalue weighted by Crippen LogP contribution is 2.89. The van der Waals surface area contributed by atoms with Crippen molar-refractivity contribution in [1.29, 1.82) is 0 Å². The van der Waals surface area contributed by atoms with Crippen molar-refractivity contribution in [2.45, 2.75) is 173 Å². The van der Waals surface area contributed by atoms with Crippen LogP contribution in [0.4, 0.5) is 0 Å². The Bertz CT molecular complexity index is 1300. The van der Waals surface area contributed by atoms with Crippen LogP contribution < -0.4 is 0 Å². The molecule has 7 aliphatic rings. The lowest BCUT2D eigenvalue weighted by Gasteiger charge is -2.65. The van der Waals surface area contributed by atoms with Gasteiger partial charge in [-0.05, 0) is 100 Å². The molecule has 0 aromatic carbocycles. The van der Waals surface area contributed by atoms with Gasteiger partial charge >= 0.3 is 5.97 Å². The van der Waals surface area contributed by atoms with Gasteiger partial charge in [-0.2, -0.15) is 0 Å². The van der Waals surface area contributed by atoms with E-state index in [-0.39, 0.29) is 40.8 Å². The smallest absolute Gasteiger partial charge is 0.303 e. The van der Waals surface area contributed by atoms with Crippen molar-refractivity contribution in [3.8, 4) is 0 Å². The van der Waals surface area contributed by atoms with Gasteiger partial charge in [0.1, 0.15) is 24.4 Å². The van der Waals surface area contributed by atoms with Crippen LogP contribution in [-0.2, 0) is 23.7 Å². The summed E-state index contributed by atoms with van der Waals surface area (Å²) in [5, 5.41) is 66.6. The van der Waals surface area contributed by atoms with Crippen LogP contribution in [0, 0.1) is 44.8 Å². The minimum atomic E-state index is -1.35. The van der Waals surface area contributed by atoms with Gasteiger partial charge < -0.3 is 49.6 Å². The summed E-state index contributed by atoms with van der Waals surface area (Å²) in [4.78, 5) is 12.7. The van der Waals surface area contributed by atoms with E-state index in [0.29, 0.717) is 19.3 Å². The Morgan fingerprint density at radius 2 is 1.50 bits per heavy atom. The highest BCUT2D eigenvalue weighted by Gasteiger charge is 2.87. The molecule has 6 N–H and O–H groups in total. The molecule has 0 radical (unpaired) electrons. The van der Waals surface area contributed by atoms with E-state index in [2.05, 4.69) is 27.7 Å². The van der Waals surface area contributed by atoms with E-state index in [1.54, 1.807) is 13.8 Å². The number of aliphatic hydroxyl groups is 6. The van der Waals surface area contributed by atoms with Gasteiger partial charge in [0.25, 0.3) is 0 Å². The van der Waals surface area contributed by atoms with Crippen LogP contribution in [0.1, 0.15) is 107 Å². The number of ether oxygens (including phenoxy) is 4. The zero-order valence-electron chi connectivity index (χ0n) is 30.0. The lowest BCUT2D eigenvalue weighted by atomic mass is 9.40. The molecule has 274 valence electrons. The number of fused-ring (bicyclic) bond motifs is 2. The van der Waals surface area contributed by atoms with Crippen molar-refractivity contribution < 1.29 is 54.4 Å². The second kappa shape index (κ2) is 10.8. The van der Waals surface area contributed by atoms with E-state index >= 15 is 0 Å². The zero-order chi connectivity index (χ0) is 35.2. The van der Waals surface area contributed by atoms with Crippen LogP contribution in [0.25, 0.3) is 0 Å². The molecule has 11 heteroatoms. The first-order chi connectivity index (χ1) is 22.1. The van der Waals surface area contributed by atoms with Gasteiger partial charge in [-0.25, -0.2) is 0 Å². The molecule has 7 fully saturated rings. The largest absolute Gasteiger partial charge is 0.459 e. The first kappa shape index (κ1) is 35.5. The first-order valence-corrected chi connectivity index (χ1v) is 18.4. The maximum absolute atomic E-state index is 12.7. The molecule has 2 aliphatic heterocycles. The van der Waals surface area contributed by atoms with Crippen LogP contribution in [0.5, 0.6) is 0 Å². The molecular weight excluding hydrogens is 620 g/mol. The van der Waals surface area contributed by atoms with Gasteiger partial charge in [-0.3, -0.25) is 4.79 Å². The fourth-order valence-corrected chi connectivity index (χ4v) is 13.7. The van der Waals surface area contributed by atoms with E-state index in [1.807, 2.05) is 6.92 Å². The van der Waals surface area contributed by atoms with Crippen molar-refractivity contribution in [2.24, 2.45) is 44.8 Å². The predicted molar refractivity (Wildman–Crippen MR) is 172 cm³/mol. The average molecular weight is 681 g/mol. The monoisotopic (exact) mass is 680 g/mol. The summed E-state index contributed by atoms with van der Waals surface area (Å²) < 4.78 is 24.9. The van der Waals surface area contributed by atoms with Crippen molar-refractivity contribution in [3.05, 3.63) is 0 Å². The number of carbonyl (C=O) groups excluding carboxylic acids is 1. The molecule has 7 rings (SSSR count). The second-order valence-electron chi connectivity index (χ2n) is 18.8. The standard InChI is InChI=1S/C37H60O11/c1-18(38)46-29-27(43)28(33(6)13-11-24(48-33)32(4,5)44)35(8)22(40)15-37-17-36(37)14-12-23(47-30-26(42)25(41)19(39)16-45-30)31(2,3)20(36)9-10-21(37)34(29,35)7/h19-30,39-44H,9-17H2,1-8H3/t19-,20+,21+,22-,23+,24?,25+,26-,27-,28-,29+,30+,33?,34-,35-,36-,37+/m1/s1. The molecule has 0 aromatic rings. The molecule has 0 aromatic heterocycles. The van der Waals surface area contributed by atoms with Crippen LogP contribution in [0.2, 0.25) is 0 Å². The van der Waals surface area contributed by atoms with Crippen LogP contribution >= 0.6 is 0 Å². The second-order valence-corrected chi connectivity index (χ2v) is 18.8. The molecule has 0 amide bonds. The third-order valence-corrected chi connectivity index (χ3v) is 16.0. The molecule has 48 heavy (non-hydrogen) atoms. The first-order valence-electron chi connectivity index (χ1n) is 18.4. The Balaban J connectivity index is 1.22. The normalized spacial score (nSPS) is 57.2. The minimum Gasteiger partial charge on any atom is -0.459 e. The van der Waals surface area contributed by atoms with E-state index in [4.69, 9.17) is 18.9 Å². The molecule has 2 spiro atoms. The molecule has 5 aliphatic carbocycles. The van der Waals surface area contributed by atoms with Crippen molar-refractivity contribution in [3.63, 3.8) is 0 Å². The molecule has 11 nitrogen and oxygen atoms in total. The van der Waals surface area contributed by atoms with Crippen LogP contribution in [0.3, 0.4) is 0 Å².